The first-order valence-electron chi connectivity index (χ1n) is 6.06. The third-order valence-electron chi connectivity index (χ3n) is 2.86. The number of carboxylic acids is 2. The molecule has 0 saturated carbocycles. The van der Waals surface area contributed by atoms with E-state index in [1.54, 1.807) is 0 Å². The Kier molecular flexibility index (Phi) is 5.30. The van der Waals surface area contributed by atoms with Gasteiger partial charge in [-0.25, -0.2) is 9.59 Å². The molecule has 0 bridgehead atoms. The average molecular weight is 287 g/mol. The molecule has 9 heteroatoms. The van der Waals surface area contributed by atoms with Crippen LogP contribution in [0, 0.1) is 0 Å². The van der Waals surface area contributed by atoms with Crippen LogP contribution in [0.2, 0.25) is 0 Å². The minimum Gasteiger partial charge on any atom is -0.481 e. The average Bonchev–Trinajstić information content (AvgIpc) is 2.74. The zero-order chi connectivity index (χ0) is 15.3. The molecule has 3 amide bonds. The molecule has 0 aromatic rings. The van der Waals surface area contributed by atoms with Crippen LogP contribution >= 0.6 is 0 Å². The lowest BCUT2D eigenvalue weighted by molar-refractivity contribution is -0.145. The van der Waals surface area contributed by atoms with Gasteiger partial charge in [-0.3, -0.25) is 9.59 Å². The molecule has 1 fully saturated rings. The van der Waals surface area contributed by atoms with Gasteiger partial charge in [-0.1, -0.05) is 0 Å². The van der Waals surface area contributed by atoms with E-state index < -0.39 is 30.4 Å². The van der Waals surface area contributed by atoms with Crippen LogP contribution in [0.4, 0.5) is 4.79 Å². The van der Waals surface area contributed by atoms with Gasteiger partial charge in [0.25, 0.3) is 0 Å². The molecule has 9 nitrogen and oxygen atoms in total. The van der Waals surface area contributed by atoms with Gasteiger partial charge in [-0.2, -0.15) is 0 Å². The van der Waals surface area contributed by atoms with Gasteiger partial charge in [0, 0.05) is 26.1 Å². The van der Waals surface area contributed by atoms with Crippen LogP contribution in [0.5, 0.6) is 0 Å². The van der Waals surface area contributed by atoms with E-state index >= 15 is 0 Å². The second-order valence-corrected chi connectivity index (χ2v) is 4.57. The summed E-state index contributed by atoms with van der Waals surface area (Å²) in [5.74, 6) is -2.92. The van der Waals surface area contributed by atoms with Crippen molar-refractivity contribution in [1.29, 1.82) is 0 Å². The van der Waals surface area contributed by atoms with Crippen LogP contribution in [0.3, 0.4) is 0 Å². The van der Waals surface area contributed by atoms with Crippen LogP contribution in [0.15, 0.2) is 0 Å². The van der Waals surface area contributed by atoms with Gasteiger partial charge in [-0.15, -0.1) is 0 Å². The number of hydrogen-bond donors (Lipinski definition) is 4. The highest BCUT2D eigenvalue weighted by Crippen LogP contribution is 2.09. The fourth-order valence-corrected chi connectivity index (χ4v) is 1.97. The van der Waals surface area contributed by atoms with Crippen LogP contribution in [-0.4, -0.2) is 64.2 Å². The second kappa shape index (κ2) is 6.73. The number of urea groups is 1. The van der Waals surface area contributed by atoms with Gasteiger partial charge >= 0.3 is 18.0 Å². The first-order chi connectivity index (χ1) is 9.29. The summed E-state index contributed by atoms with van der Waals surface area (Å²) in [5, 5.41) is 22.2. The third kappa shape index (κ3) is 4.75. The Morgan fingerprint density at radius 1 is 1.30 bits per heavy atom. The van der Waals surface area contributed by atoms with Crippen LogP contribution in [-0.2, 0) is 14.4 Å². The van der Waals surface area contributed by atoms with E-state index in [9.17, 15) is 19.2 Å². The molecule has 1 aliphatic heterocycles. The summed E-state index contributed by atoms with van der Waals surface area (Å²) < 4.78 is 0. The van der Waals surface area contributed by atoms with Crippen molar-refractivity contribution in [3.63, 3.8) is 0 Å². The minimum absolute atomic E-state index is 0.166. The smallest absolute Gasteiger partial charge is 0.326 e. The number of carboxylic acid groups (broad SMARTS) is 2. The fourth-order valence-electron chi connectivity index (χ4n) is 1.97. The maximum Gasteiger partial charge on any atom is 0.326 e. The lowest BCUT2D eigenvalue weighted by Crippen LogP contribution is -2.48. The minimum atomic E-state index is -1.47. The molecule has 20 heavy (non-hydrogen) atoms. The normalized spacial score (nSPS) is 19.2. The van der Waals surface area contributed by atoms with Crippen molar-refractivity contribution in [2.45, 2.75) is 31.8 Å². The molecule has 1 heterocycles. The standard InChI is InChI=1S/C11H17N3O6/c1-6(15)12-7-2-3-14(5-7)11(20)13-8(10(18)19)4-9(16)17/h7-8H,2-5H2,1H3,(H,12,15)(H,13,20)(H,16,17)(H,18,19)/t7?,8-/m1/s1. The Morgan fingerprint density at radius 3 is 2.45 bits per heavy atom. The van der Waals surface area contributed by atoms with Gasteiger partial charge in [0.05, 0.1) is 6.42 Å². The summed E-state index contributed by atoms with van der Waals surface area (Å²) in [6, 6.07) is -2.28. The number of nitrogens with zero attached hydrogens (tertiary/aromatic N) is 1. The van der Waals surface area contributed by atoms with E-state index in [1.165, 1.54) is 11.8 Å². The Balaban J connectivity index is 2.51. The van der Waals surface area contributed by atoms with E-state index in [-0.39, 0.29) is 18.5 Å². The Morgan fingerprint density at radius 2 is 1.95 bits per heavy atom. The summed E-state index contributed by atoms with van der Waals surface area (Å²) in [7, 11) is 0. The molecule has 1 saturated heterocycles. The number of rotatable bonds is 5. The number of aliphatic carboxylic acids is 2. The van der Waals surface area contributed by atoms with Gasteiger partial charge < -0.3 is 25.7 Å². The molecular formula is C11H17N3O6. The maximum absolute atomic E-state index is 11.8. The molecule has 0 spiro atoms. The van der Waals surface area contributed by atoms with Crippen molar-refractivity contribution in [2.75, 3.05) is 13.1 Å². The predicted octanol–water partition coefficient (Wildman–Crippen LogP) is -1.17. The van der Waals surface area contributed by atoms with Gasteiger partial charge in [0.15, 0.2) is 0 Å². The van der Waals surface area contributed by atoms with Gasteiger partial charge in [0.2, 0.25) is 5.91 Å². The SMILES string of the molecule is CC(=O)NC1CCN(C(=O)N[C@H](CC(=O)O)C(=O)O)C1. The quantitative estimate of drug-likeness (QED) is 0.503. The Hall–Kier alpha value is -2.32. The molecule has 2 atom stereocenters. The molecule has 1 rings (SSSR count). The van der Waals surface area contributed by atoms with Crippen molar-refractivity contribution in [1.82, 2.24) is 15.5 Å². The van der Waals surface area contributed by atoms with E-state index in [2.05, 4.69) is 10.6 Å². The summed E-state index contributed by atoms with van der Waals surface area (Å²) in [5.41, 5.74) is 0. The fraction of sp³-hybridized carbons (Fsp3) is 0.636. The Labute approximate surface area is 114 Å². The topological polar surface area (TPSA) is 136 Å². The first-order valence-corrected chi connectivity index (χ1v) is 6.06. The Bertz CT molecular complexity index is 424. The van der Waals surface area contributed by atoms with Crippen molar-refractivity contribution in [2.24, 2.45) is 0 Å². The summed E-state index contributed by atoms with van der Waals surface area (Å²) in [6.45, 7) is 2.01. The highest BCUT2D eigenvalue weighted by molar-refractivity contribution is 5.86. The monoisotopic (exact) mass is 287 g/mol. The zero-order valence-electron chi connectivity index (χ0n) is 11.0. The van der Waals surface area contributed by atoms with Crippen LogP contribution in [0.25, 0.3) is 0 Å². The summed E-state index contributed by atoms with van der Waals surface area (Å²) >= 11 is 0. The molecule has 0 aromatic carbocycles. The number of amides is 3. The van der Waals surface area contributed by atoms with Crippen molar-refractivity contribution < 1.29 is 29.4 Å². The third-order valence-corrected chi connectivity index (χ3v) is 2.86. The number of likely N-dealkylation sites (tertiary alicyclic amines) is 1. The highest BCUT2D eigenvalue weighted by atomic mass is 16.4. The molecule has 0 aliphatic carbocycles. The molecule has 1 aliphatic rings. The van der Waals surface area contributed by atoms with Crippen molar-refractivity contribution >= 4 is 23.9 Å². The molecule has 0 radical (unpaired) electrons. The largest absolute Gasteiger partial charge is 0.481 e. The highest BCUT2D eigenvalue weighted by Gasteiger charge is 2.30. The van der Waals surface area contributed by atoms with Crippen LogP contribution < -0.4 is 10.6 Å². The lowest BCUT2D eigenvalue weighted by Gasteiger charge is -2.20. The van der Waals surface area contributed by atoms with E-state index in [4.69, 9.17) is 10.2 Å². The number of hydrogen-bond acceptors (Lipinski definition) is 4. The number of carbonyl (C=O) groups excluding carboxylic acids is 2. The van der Waals surface area contributed by atoms with E-state index in [1.807, 2.05) is 0 Å². The number of carbonyl (C=O) groups is 4. The summed E-state index contributed by atoms with van der Waals surface area (Å²) in [4.78, 5) is 45.4. The van der Waals surface area contributed by atoms with Crippen molar-refractivity contribution in [3.05, 3.63) is 0 Å². The zero-order valence-corrected chi connectivity index (χ0v) is 11.0. The molecule has 112 valence electrons. The lowest BCUT2D eigenvalue weighted by atomic mass is 10.2. The molecule has 4 N–H and O–H groups in total. The van der Waals surface area contributed by atoms with Gasteiger partial charge in [0.1, 0.15) is 6.04 Å². The van der Waals surface area contributed by atoms with Gasteiger partial charge in [-0.05, 0) is 6.42 Å². The molecular weight excluding hydrogens is 270 g/mol. The molecule has 1 unspecified atom stereocenters. The van der Waals surface area contributed by atoms with Crippen molar-refractivity contribution in [3.8, 4) is 0 Å². The van der Waals surface area contributed by atoms with E-state index in [0.717, 1.165) is 0 Å². The summed E-state index contributed by atoms with van der Waals surface area (Å²) in [6.07, 6.45) is -0.117. The maximum atomic E-state index is 11.8. The second-order valence-electron chi connectivity index (χ2n) is 4.57. The van der Waals surface area contributed by atoms with Crippen LogP contribution in [0.1, 0.15) is 19.8 Å². The number of nitrogens with one attached hydrogen (secondary N) is 2. The predicted molar refractivity (Wildman–Crippen MR) is 66.0 cm³/mol. The first kappa shape index (κ1) is 15.7. The van der Waals surface area contributed by atoms with E-state index in [0.29, 0.717) is 13.0 Å². The molecule has 0 aromatic heterocycles.